The van der Waals surface area contributed by atoms with E-state index in [1.54, 1.807) is 18.2 Å². The van der Waals surface area contributed by atoms with Crippen LogP contribution in [0.5, 0.6) is 0 Å². The van der Waals surface area contributed by atoms with Crippen molar-refractivity contribution in [3.8, 4) is 0 Å². The molecule has 0 saturated carbocycles. The second-order valence-corrected chi connectivity index (χ2v) is 9.38. The number of hydrogen-bond acceptors (Lipinski definition) is 4. The molecule has 0 saturated heterocycles. The maximum Gasteiger partial charge on any atom is 0.232 e. The van der Waals surface area contributed by atoms with Crippen LogP contribution in [-0.2, 0) is 16.4 Å². The van der Waals surface area contributed by atoms with E-state index in [2.05, 4.69) is 0 Å². The molecule has 1 heterocycles. The van der Waals surface area contributed by atoms with Gasteiger partial charge in [-0.05, 0) is 49.2 Å². The van der Waals surface area contributed by atoms with Crippen LogP contribution in [0.4, 0.5) is 5.69 Å². The number of thioether (sulfide) groups is 1. The summed E-state index contributed by atoms with van der Waals surface area (Å²) >= 11 is 7.51. The van der Waals surface area contributed by atoms with Crippen LogP contribution >= 0.6 is 23.4 Å². The number of nitrogens with zero attached hydrogens (tertiary/aromatic N) is 1. The zero-order valence-corrected chi connectivity index (χ0v) is 16.3. The summed E-state index contributed by atoms with van der Waals surface area (Å²) < 4.78 is 25.3. The zero-order valence-electron chi connectivity index (χ0n) is 13.9. The third-order valence-electron chi connectivity index (χ3n) is 4.11. The number of anilines is 1. The number of fused-ring (bicyclic) bond motifs is 1. The molecule has 1 atom stereocenters. The third kappa shape index (κ3) is 3.86. The summed E-state index contributed by atoms with van der Waals surface area (Å²) in [4.78, 5) is 13.4. The number of benzene rings is 2. The number of rotatable bonds is 5. The molecule has 1 aliphatic rings. The Morgan fingerprint density at radius 1 is 1.28 bits per heavy atom. The molecule has 25 heavy (non-hydrogen) atoms. The van der Waals surface area contributed by atoms with Crippen LogP contribution in [0.2, 0.25) is 5.02 Å². The standard InChI is InChI=1S/C18H18ClNO3S2/c1-12-9-14-10-13(7-8-16(14)20(12)25(2,22)23)17(21)11-24-18-6-4-3-5-15(18)19/h3-8,10,12H,9,11H2,1-2H3/t12-/m1/s1. The lowest BCUT2D eigenvalue weighted by Gasteiger charge is -2.21. The smallest absolute Gasteiger partial charge is 0.232 e. The summed E-state index contributed by atoms with van der Waals surface area (Å²) in [5, 5.41) is 0.631. The number of carbonyl (C=O) groups excluding carboxylic acids is 1. The van der Waals surface area contributed by atoms with Gasteiger partial charge in [0.05, 0.1) is 22.7 Å². The Morgan fingerprint density at radius 3 is 2.68 bits per heavy atom. The summed E-state index contributed by atoms with van der Waals surface area (Å²) in [6, 6.07) is 12.5. The minimum atomic E-state index is -3.32. The van der Waals surface area contributed by atoms with Gasteiger partial charge in [-0.25, -0.2) is 8.42 Å². The predicted molar refractivity (Wildman–Crippen MR) is 103 cm³/mol. The molecule has 132 valence electrons. The van der Waals surface area contributed by atoms with Crippen molar-refractivity contribution in [2.75, 3.05) is 16.3 Å². The lowest BCUT2D eigenvalue weighted by atomic mass is 10.0. The van der Waals surface area contributed by atoms with Gasteiger partial charge < -0.3 is 0 Å². The van der Waals surface area contributed by atoms with Crippen molar-refractivity contribution in [3.63, 3.8) is 0 Å². The van der Waals surface area contributed by atoms with E-state index in [0.717, 1.165) is 10.5 Å². The molecular formula is C18H18ClNO3S2. The van der Waals surface area contributed by atoms with E-state index in [9.17, 15) is 13.2 Å². The van der Waals surface area contributed by atoms with Crippen LogP contribution in [0, 0.1) is 0 Å². The molecule has 0 radical (unpaired) electrons. The van der Waals surface area contributed by atoms with Crippen LogP contribution in [-0.4, -0.2) is 32.3 Å². The maximum absolute atomic E-state index is 12.5. The quantitative estimate of drug-likeness (QED) is 0.566. The van der Waals surface area contributed by atoms with Gasteiger partial charge in [-0.1, -0.05) is 23.7 Å². The van der Waals surface area contributed by atoms with Gasteiger partial charge in [-0.15, -0.1) is 11.8 Å². The van der Waals surface area contributed by atoms with E-state index in [4.69, 9.17) is 11.6 Å². The average Bonchev–Trinajstić information content (AvgIpc) is 2.88. The highest BCUT2D eigenvalue weighted by Crippen LogP contribution is 2.35. The van der Waals surface area contributed by atoms with Gasteiger partial charge in [0.15, 0.2) is 5.78 Å². The molecule has 0 aliphatic carbocycles. The highest BCUT2D eigenvalue weighted by molar-refractivity contribution is 8.00. The molecule has 7 heteroatoms. The molecule has 4 nitrogen and oxygen atoms in total. The van der Waals surface area contributed by atoms with Crippen molar-refractivity contribution in [2.24, 2.45) is 0 Å². The SMILES string of the molecule is C[C@@H]1Cc2cc(C(=O)CSc3ccccc3Cl)ccc2N1S(C)(=O)=O. The maximum atomic E-state index is 12.5. The Morgan fingerprint density at radius 2 is 2.00 bits per heavy atom. The van der Waals surface area contributed by atoms with E-state index in [1.165, 1.54) is 22.3 Å². The van der Waals surface area contributed by atoms with Crippen molar-refractivity contribution in [2.45, 2.75) is 24.3 Å². The Hall–Kier alpha value is -1.50. The van der Waals surface area contributed by atoms with Gasteiger partial charge in [0, 0.05) is 16.5 Å². The number of carbonyl (C=O) groups is 1. The minimum absolute atomic E-state index is 0.00169. The molecule has 2 aromatic carbocycles. The van der Waals surface area contributed by atoms with Gasteiger partial charge in [-0.3, -0.25) is 9.10 Å². The molecule has 0 aromatic heterocycles. The first kappa shape index (κ1) is 18.3. The van der Waals surface area contributed by atoms with Crippen molar-refractivity contribution in [3.05, 3.63) is 58.6 Å². The first-order valence-electron chi connectivity index (χ1n) is 7.80. The van der Waals surface area contributed by atoms with Crippen molar-refractivity contribution in [1.82, 2.24) is 0 Å². The van der Waals surface area contributed by atoms with Gasteiger partial charge in [-0.2, -0.15) is 0 Å². The van der Waals surface area contributed by atoms with Crippen LogP contribution < -0.4 is 4.31 Å². The number of ketones is 1. The fraction of sp³-hybridized carbons (Fsp3) is 0.278. The molecule has 3 rings (SSSR count). The summed E-state index contributed by atoms with van der Waals surface area (Å²) in [5.74, 6) is 0.284. The molecule has 2 aromatic rings. The zero-order chi connectivity index (χ0) is 18.2. The molecule has 0 N–H and O–H groups in total. The van der Waals surface area contributed by atoms with Gasteiger partial charge >= 0.3 is 0 Å². The number of halogens is 1. The molecule has 0 amide bonds. The van der Waals surface area contributed by atoms with E-state index < -0.39 is 10.0 Å². The van der Waals surface area contributed by atoms with Crippen molar-refractivity contribution < 1.29 is 13.2 Å². The van der Waals surface area contributed by atoms with Crippen molar-refractivity contribution >= 4 is 44.9 Å². The Bertz CT molecular complexity index is 928. The molecule has 0 spiro atoms. The molecular weight excluding hydrogens is 378 g/mol. The summed E-state index contributed by atoms with van der Waals surface area (Å²) in [5.41, 5.74) is 2.16. The second kappa shape index (κ2) is 7.02. The van der Waals surface area contributed by atoms with E-state index in [-0.39, 0.29) is 17.6 Å². The average molecular weight is 396 g/mol. The molecule has 0 unspecified atom stereocenters. The summed E-state index contributed by atoms with van der Waals surface area (Å²) in [6.45, 7) is 1.87. The van der Waals surface area contributed by atoms with Crippen LogP contribution in [0.25, 0.3) is 0 Å². The topological polar surface area (TPSA) is 54.5 Å². The van der Waals surface area contributed by atoms with Crippen LogP contribution in [0.15, 0.2) is 47.4 Å². The predicted octanol–water partition coefficient (Wildman–Crippen LogP) is 4.03. The highest BCUT2D eigenvalue weighted by atomic mass is 35.5. The largest absolute Gasteiger partial charge is 0.293 e. The number of Topliss-reactive ketones (excluding diaryl/α,β-unsaturated/α-hetero) is 1. The Balaban J connectivity index is 1.78. The van der Waals surface area contributed by atoms with E-state index in [1.807, 2.05) is 31.2 Å². The Labute approximate surface area is 157 Å². The second-order valence-electron chi connectivity index (χ2n) is 6.10. The van der Waals surface area contributed by atoms with Crippen molar-refractivity contribution in [1.29, 1.82) is 0 Å². The fourth-order valence-electron chi connectivity index (χ4n) is 3.07. The third-order valence-corrected chi connectivity index (χ3v) is 6.89. The van der Waals surface area contributed by atoms with Gasteiger partial charge in [0.2, 0.25) is 10.0 Å². The molecule has 0 fully saturated rings. The number of sulfonamides is 1. The van der Waals surface area contributed by atoms with Crippen LogP contribution in [0.1, 0.15) is 22.8 Å². The highest BCUT2D eigenvalue weighted by Gasteiger charge is 2.32. The van der Waals surface area contributed by atoms with Gasteiger partial charge in [0.1, 0.15) is 0 Å². The summed E-state index contributed by atoms with van der Waals surface area (Å²) in [7, 11) is -3.32. The Kier molecular flexibility index (Phi) is 5.14. The summed E-state index contributed by atoms with van der Waals surface area (Å²) in [6.07, 6.45) is 1.82. The monoisotopic (exact) mass is 395 g/mol. The normalized spacial score (nSPS) is 16.8. The first-order valence-corrected chi connectivity index (χ1v) is 11.0. The lowest BCUT2D eigenvalue weighted by molar-refractivity contribution is 0.102. The molecule has 0 bridgehead atoms. The first-order chi connectivity index (χ1) is 11.8. The van der Waals surface area contributed by atoms with E-state index in [0.29, 0.717) is 22.7 Å². The fourth-order valence-corrected chi connectivity index (χ4v) is 5.47. The molecule has 1 aliphatic heterocycles. The lowest BCUT2D eigenvalue weighted by Crippen LogP contribution is -2.34. The number of hydrogen-bond donors (Lipinski definition) is 0. The minimum Gasteiger partial charge on any atom is -0.293 e. The van der Waals surface area contributed by atoms with E-state index >= 15 is 0 Å². The van der Waals surface area contributed by atoms with Crippen LogP contribution in [0.3, 0.4) is 0 Å². The van der Waals surface area contributed by atoms with Gasteiger partial charge in [0.25, 0.3) is 0 Å².